The number of aromatic amines is 1. The van der Waals surface area contributed by atoms with Crippen LogP contribution in [0.25, 0.3) is 0 Å². The van der Waals surface area contributed by atoms with E-state index in [-0.39, 0.29) is 28.7 Å². The van der Waals surface area contributed by atoms with Gasteiger partial charge in [-0.3, -0.25) is 19.5 Å². The molecule has 0 spiro atoms. The van der Waals surface area contributed by atoms with Crippen molar-refractivity contribution >= 4 is 52.4 Å². The lowest BCUT2D eigenvalue weighted by molar-refractivity contribution is 0.0385. The molecular weight excluding hydrogens is 676 g/mol. The highest BCUT2D eigenvalue weighted by molar-refractivity contribution is 6.31. The fraction of sp³-hybridized carbons (Fsp3) is 0.333. The summed E-state index contributed by atoms with van der Waals surface area (Å²) < 4.78 is 28.3. The molecule has 1 saturated carbocycles. The van der Waals surface area contributed by atoms with Crippen LogP contribution in [0.1, 0.15) is 73.8 Å². The molecular formula is C33H34ClF2N9O5. The number of likely N-dealkylation sites (N-methyl/N-ethyl adjacent to an activating group) is 1. The average molecular weight is 710 g/mol. The van der Waals surface area contributed by atoms with E-state index in [0.717, 1.165) is 94.6 Å². The van der Waals surface area contributed by atoms with Gasteiger partial charge in [-0.05, 0) is 50.2 Å². The quantitative estimate of drug-likeness (QED) is 0.200. The second-order valence-corrected chi connectivity index (χ2v) is 12.6. The van der Waals surface area contributed by atoms with E-state index < -0.39 is 46.6 Å². The van der Waals surface area contributed by atoms with E-state index >= 15 is 0 Å². The largest absolute Gasteiger partial charge is 0.387 e. The van der Waals surface area contributed by atoms with Crippen LogP contribution in [0.15, 0.2) is 48.8 Å². The molecule has 1 aliphatic heterocycles. The zero-order valence-electron chi connectivity index (χ0n) is 27.0. The van der Waals surface area contributed by atoms with Crippen molar-refractivity contribution < 1.29 is 32.8 Å². The van der Waals surface area contributed by atoms with Gasteiger partial charge in [0.2, 0.25) is 0 Å². The molecule has 4 N–H and O–H groups in total. The number of benzene rings is 2. The Kier molecular flexibility index (Phi) is 10.4. The lowest BCUT2D eigenvalue weighted by Crippen LogP contribution is -2.44. The summed E-state index contributed by atoms with van der Waals surface area (Å²) in [5, 5.41) is 18.5. The molecule has 1 aliphatic carbocycles. The zero-order chi connectivity index (χ0) is 35.4. The van der Waals surface area contributed by atoms with E-state index in [0.29, 0.717) is 9.87 Å². The highest BCUT2D eigenvalue weighted by Gasteiger charge is 2.27. The summed E-state index contributed by atoms with van der Waals surface area (Å²) in [4.78, 5) is 63.2. The smallest absolute Gasteiger partial charge is 0.369 e. The van der Waals surface area contributed by atoms with Crippen molar-refractivity contribution in [3.8, 4) is 0 Å². The van der Waals surface area contributed by atoms with Crippen LogP contribution in [0.5, 0.6) is 0 Å². The number of nitrogens with one attached hydrogen (secondary N) is 4. The van der Waals surface area contributed by atoms with Gasteiger partial charge in [0.15, 0.2) is 11.4 Å². The zero-order valence-corrected chi connectivity index (χ0v) is 27.7. The summed E-state index contributed by atoms with van der Waals surface area (Å²) in [5.41, 5.74) is -0.820. The normalized spacial score (nSPS) is 15.4. The highest BCUT2D eigenvalue weighted by Crippen LogP contribution is 2.26. The van der Waals surface area contributed by atoms with Crippen LogP contribution in [0.4, 0.5) is 25.8 Å². The van der Waals surface area contributed by atoms with Crippen LogP contribution < -0.4 is 25.7 Å². The molecule has 50 heavy (non-hydrogen) atoms. The van der Waals surface area contributed by atoms with Crippen LogP contribution in [-0.2, 0) is 0 Å². The van der Waals surface area contributed by atoms with Crippen LogP contribution in [0.3, 0.4) is 0 Å². The molecule has 3 amide bonds. The summed E-state index contributed by atoms with van der Waals surface area (Å²) in [7, 11) is 2.04. The van der Waals surface area contributed by atoms with Gasteiger partial charge in [-0.15, -0.1) is 5.10 Å². The van der Waals surface area contributed by atoms with Gasteiger partial charge in [0.05, 0.1) is 17.6 Å². The van der Waals surface area contributed by atoms with Gasteiger partial charge in [0.25, 0.3) is 17.7 Å². The van der Waals surface area contributed by atoms with Gasteiger partial charge in [0, 0.05) is 54.7 Å². The maximum atomic E-state index is 14.2. The van der Waals surface area contributed by atoms with Gasteiger partial charge >= 0.3 is 5.97 Å². The third-order valence-electron chi connectivity index (χ3n) is 8.56. The molecule has 14 nitrogen and oxygen atoms in total. The summed E-state index contributed by atoms with van der Waals surface area (Å²) >= 11 is 6.41. The minimum atomic E-state index is -1.17. The Morgan fingerprint density at radius 1 is 0.900 bits per heavy atom. The number of halogens is 3. The molecule has 4 aromatic rings. The Morgan fingerprint density at radius 3 is 2.32 bits per heavy atom. The van der Waals surface area contributed by atoms with Gasteiger partial charge in [0.1, 0.15) is 17.2 Å². The lowest BCUT2D eigenvalue weighted by Gasteiger charge is -2.34. The summed E-state index contributed by atoms with van der Waals surface area (Å²) in [6, 6.07) is 7.83. The molecule has 0 bridgehead atoms. The number of hydrogen-bond donors (Lipinski definition) is 4. The Bertz CT molecular complexity index is 1900. The van der Waals surface area contributed by atoms with E-state index in [1.807, 2.05) is 7.05 Å². The fourth-order valence-corrected chi connectivity index (χ4v) is 6.10. The molecule has 3 heterocycles. The van der Waals surface area contributed by atoms with Gasteiger partial charge in [-0.2, -0.15) is 5.10 Å². The molecule has 2 aromatic heterocycles. The Balaban J connectivity index is 1.23. The maximum absolute atomic E-state index is 14.2. The van der Waals surface area contributed by atoms with Crippen LogP contribution in [0, 0.1) is 11.6 Å². The fourth-order valence-electron chi connectivity index (χ4n) is 5.88. The first-order chi connectivity index (χ1) is 24.0. The molecule has 2 fully saturated rings. The van der Waals surface area contributed by atoms with E-state index in [9.17, 15) is 28.0 Å². The topological polar surface area (TPSA) is 167 Å². The first-order valence-corrected chi connectivity index (χ1v) is 16.4. The lowest BCUT2D eigenvalue weighted by atomic mass is 9.95. The number of hydrogen-bond acceptors (Lipinski definition) is 9. The van der Waals surface area contributed by atoms with E-state index in [1.165, 1.54) is 6.07 Å². The van der Waals surface area contributed by atoms with E-state index in [4.69, 9.17) is 16.4 Å². The number of anilines is 3. The maximum Gasteiger partial charge on any atom is 0.387 e. The summed E-state index contributed by atoms with van der Waals surface area (Å²) in [5.74, 6) is -5.70. The van der Waals surface area contributed by atoms with Crippen LogP contribution >= 0.6 is 11.6 Å². The molecule has 1 saturated heterocycles. The Hall–Kier alpha value is -5.35. The predicted octanol–water partition coefficient (Wildman–Crippen LogP) is 4.13. The minimum Gasteiger partial charge on any atom is -0.369 e. The van der Waals surface area contributed by atoms with Crippen molar-refractivity contribution in [1.29, 1.82) is 0 Å². The summed E-state index contributed by atoms with van der Waals surface area (Å²) in [6.07, 6.45) is 6.80. The number of H-pyrrole nitrogens is 1. The first-order valence-electron chi connectivity index (χ1n) is 16.0. The number of nitrogens with zero attached hydrogens (tertiary/aromatic N) is 5. The molecule has 2 aliphatic rings. The molecule has 0 radical (unpaired) electrons. The average Bonchev–Trinajstić information content (AvgIpc) is 3.72. The SMILES string of the molecule is CN1CCN(c2cc(Cl)cc(C(=O)Nc3cn(OC(=O)c4n[nH]cc4NC(=O)c4c(F)cccc4F)nc3C(=O)NC3CCCCC3)c2)CC1. The summed E-state index contributed by atoms with van der Waals surface area (Å²) in [6.45, 7) is 3.20. The number of carbonyl (C=O) groups is 4. The molecule has 0 unspecified atom stereocenters. The first kappa shape index (κ1) is 34.5. The number of amides is 3. The molecule has 6 rings (SSSR count). The van der Waals surface area contributed by atoms with Crippen molar-refractivity contribution in [2.24, 2.45) is 0 Å². The number of carbonyl (C=O) groups excluding carboxylic acids is 4. The van der Waals surface area contributed by atoms with Gasteiger partial charge < -0.3 is 30.6 Å². The van der Waals surface area contributed by atoms with Crippen LogP contribution in [-0.4, -0.2) is 88.0 Å². The van der Waals surface area contributed by atoms with Crippen LogP contribution in [0.2, 0.25) is 5.02 Å². The van der Waals surface area contributed by atoms with Crippen molar-refractivity contribution in [3.05, 3.63) is 88.0 Å². The molecule has 0 atom stereocenters. The van der Waals surface area contributed by atoms with Gasteiger partial charge in [-0.1, -0.05) is 41.8 Å². The monoisotopic (exact) mass is 709 g/mol. The van der Waals surface area contributed by atoms with Crippen molar-refractivity contribution in [2.45, 2.75) is 38.1 Å². The number of rotatable bonds is 9. The van der Waals surface area contributed by atoms with E-state index in [1.54, 1.807) is 12.1 Å². The van der Waals surface area contributed by atoms with E-state index in [2.05, 4.69) is 41.0 Å². The molecule has 2 aromatic carbocycles. The van der Waals surface area contributed by atoms with Crippen molar-refractivity contribution in [1.82, 2.24) is 30.4 Å². The number of piperazine rings is 1. The standard InChI is InChI=1S/C33H34ClF2N9O5/c1-43-10-12-44(13-11-43)22-15-19(14-20(34)16-22)30(46)40-26-18-45(42-28(26)32(48)38-21-6-3-2-4-7-21)50-33(49)29-25(17-37-41-29)39-31(47)27-23(35)8-5-9-24(27)36/h5,8-9,14-18,21H,2-4,6-7,10-13H2,1H3,(H,37,41)(H,38,48)(H,39,47)(H,40,46). The van der Waals surface area contributed by atoms with Crippen molar-refractivity contribution in [2.75, 3.05) is 48.8 Å². The molecule has 262 valence electrons. The number of aromatic nitrogens is 4. The Labute approximate surface area is 290 Å². The predicted molar refractivity (Wildman–Crippen MR) is 179 cm³/mol. The highest BCUT2D eigenvalue weighted by atomic mass is 35.5. The molecule has 17 heteroatoms. The minimum absolute atomic E-state index is 0.0529. The third kappa shape index (κ3) is 7.92. The van der Waals surface area contributed by atoms with Gasteiger partial charge in [-0.25, -0.2) is 13.6 Å². The Morgan fingerprint density at radius 2 is 1.60 bits per heavy atom. The second-order valence-electron chi connectivity index (χ2n) is 12.1. The van der Waals surface area contributed by atoms with Crippen molar-refractivity contribution in [3.63, 3.8) is 0 Å². The second kappa shape index (κ2) is 15.0. The third-order valence-corrected chi connectivity index (χ3v) is 8.78.